The fourth-order valence-corrected chi connectivity index (χ4v) is 0.458. The molecule has 0 radical (unpaired) electrons. The summed E-state index contributed by atoms with van der Waals surface area (Å²) in [6.45, 7) is 0. The molecule has 1 unspecified atom stereocenters. The van der Waals surface area contributed by atoms with Crippen LogP contribution < -0.4 is 0 Å². The summed E-state index contributed by atoms with van der Waals surface area (Å²) >= 11 is 0. The maximum Gasteiger partial charge on any atom is 0.456 e. The molecule has 86 valence electrons. The maximum absolute atomic E-state index is 12.1. The third-order valence-corrected chi connectivity index (χ3v) is 1.26. The second-order valence-corrected chi connectivity index (χ2v) is 2.25. The number of rotatable bonds is 3. The van der Waals surface area contributed by atoms with Gasteiger partial charge in [-0.1, -0.05) is 0 Å². The summed E-state index contributed by atoms with van der Waals surface area (Å²) in [5.41, 5.74) is 0. The second kappa shape index (κ2) is 3.52. The molecule has 0 rings (SSSR count). The van der Waals surface area contributed by atoms with Crippen LogP contribution >= 0.6 is 0 Å². The lowest BCUT2D eigenvalue weighted by Gasteiger charge is -2.27. The first-order chi connectivity index (χ1) is 5.97. The zero-order valence-electron chi connectivity index (χ0n) is 6.51. The van der Waals surface area contributed by atoms with E-state index in [0.717, 1.165) is 0 Å². The van der Waals surface area contributed by atoms with E-state index in [0.29, 0.717) is 0 Å². The molecule has 9 heteroatoms. The molecule has 0 saturated carbocycles. The minimum Gasteiger partial charge on any atom is -0.321 e. The largest absolute Gasteiger partial charge is 0.456 e. The van der Waals surface area contributed by atoms with Gasteiger partial charge in [0, 0.05) is 7.11 Å². The topological polar surface area (TPSA) is 9.23 Å². The van der Waals surface area contributed by atoms with Gasteiger partial charge in [-0.2, -0.15) is 30.7 Å². The van der Waals surface area contributed by atoms with Crippen molar-refractivity contribution in [2.75, 3.05) is 7.11 Å². The maximum atomic E-state index is 12.1. The highest BCUT2D eigenvalue weighted by molar-refractivity contribution is 4.89. The summed E-state index contributed by atoms with van der Waals surface area (Å²) in [6, 6.07) is 0. The van der Waals surface area contributed by atoms with Gasteiger partial charge in [-0.05, 0) is 0 Å². The van der Waals surface area contributed by atoms with E-state index in [1.54, 1.807) is 0 Å². The van der Waals surface area contributed by atoms with E-state index in [4.69, 9.17) is 0 Å². The Morgan fingerprint density at radius 1 is 0.929 bits per heavy atom. The van der Waals surface area contributed by atoms with Crippen LogP contribution in [0, 0.1) is 0 Å². The standard InChI is InChI=1S/C5H4F8O/c1-14-4(9,10)2(6)3(7,8)5(11,12)13/h2H,1H3. The number of hydrogen-bond acceptors (Lipinski definition) is 1. The average Bonchev–Trinajstić information content (AvgIpc) is 2.01. The van der Waals surface area contributed by atoms with Crippen molar-refractivity contribution in [3.05, 3.63) is 0 Å². The summed E-state index contributed by atoms with van der Waals surface area (Å²) < 4.78 is 97.0. The van der Waals surface area contributed by atoms with Crippen molar-refractivity contribution < 1.29 is 39.9 Å². The Hall–Kier alpha value is -0.600. The van der Waals surface area contributed by atoms with Crippen LogP contribution in [0.1, 0.15) is 0 Å². The van der Waals surface area contributed by atoms with Gasteiger partial charge in [-0.15, -0.1) is 0 Å². The van der Waals surface area contributed by atoms with E-state index in [1.807, 2.05) is 0 Å². The summed E-state index contributed by atoms with van der Waals surface area (Å²) in [7, 11) is 0.110. The highest BCUT2D eigenvalue weighted by Gasteiger charge is 2.70. The van der Waals surface area contributed by atoms with Crippen molar-refractivity contribution in [3.63, 3.8) is 0 Å². The van der Waals surface area contributed by atoms with Crippen molar-refractivity contribution in [2.24, 2.45) is 0 Å². The van der Waals surface area contributed by atoms with Gasteiger partial charge in [0.15, 0.2) is 0 Å². The molecule has 0 aliphatic rings. The highest BCUT2D eigenvalue weighted by Crippen LogP contribution is 2.44. The van der Waals surface area contributed by atoms with Gasteiger partial charge in [0.05, 0.1) is 0 Å². The minimum absolute atomic E-state index is 0.110. The molecule has 0 aromatic rings. The smallest absolute Gasteiger partial charge is 0.321 e. The predicted molar refractivity (Wildman–Crippen MR) is 27.9 cm³/mol. The number of halogens is 8. The van der Waals surface area contributed by atoms with Gasteiger partial charge in [0.25, 0.3) is 6.17 Å². The Bertz CT molecular complexity index is 196. The van der Waals surface area contributed by atoms with Crippen molar-refractivity contribution >= 4 is 0 Å². The van der Waals surface area contributed by atoms with Gasteiger partial charge < -0.3 is 4.74 Å². The Labute approximate surface area is 72.6 Å². The van der Waals surface area contributed by atoms with Crippen molar-refractivity contribution in [1.82, 2.24) is 0 Å². The number of hydrogen-bond donors (Lipinski definition) is 0. The molecule has 0 aromatic heterocycles. The molecule has 14 heavy (non-hydrogen) atoms. The number of alkyl halides is 8. The Kier molecular flexibility index (Phi) is 3.37. The van der Waals surface area contributed by atoms with E-state index >= 15 is 0 Å². The molecule has 0 fully saturated rings. The number of methoxy groups -OCH3 is 1. The molecule has 0 saturated heterocycles. The van der Waals surface area contributed by atoms with E-state index in [2.05, 4.69) is 4.74 Å². The molecule has 0 aliphatic carbocycles. The Morgan fingerprint density at radius 2 is 1.29 bits per heavy atom. The normalized spacial score (nSPS) is 16.9. The zero-order valence-corrected chi connectivity index (χ0v) is 6.51. The monoisotopic (exact) mass is 232 g/mol. The van der Waals surface area contributed by atoms with Gasteiger partial charge in [0.2, 0.25) is 0 Å². The summed E-state index contributed by atoms with van der Waals surface area (Å²) in [5, 5.41) is 0. The number of ether oxygens (including phenoxy) is 1. The summed E-state index contributed by atoms with van der Waals surface area (Å²) in [5.74, 6) is -6.16. The van der Waals surface area contributed by atoms with Gasteiger partial charge in [-0.25, -0.2) is 4.39 Å². The van der Waals surface area contributed by atoms with Gasteiger partial charge >= 0.3 is 18.2 Å². The third kappa shape index (κ3) is 2.25. The van der Waals surface area contributed by atoms with Crippen molar-refractivity contribution in [3.8, 4) is 0 Å². The summed E-state index contributed by atoms with van der Waals surface area (Å²) in [4.78, 5) is 0. The molecule has 1 atom stereocenters. The highest BCUT2D eigenvalue weighted by atomic mass is 19.4. The van der Waals surface area contributed by atoms with Crippen LogP contribution in [0.5, 0.6) is 0 Å². The fraction of sp³-hybridized carbons (Fsp3) is 1.00. The van der Waals surface area contributed by atoms with E-state index in [1.165, 1.54) is 0 Å². The van der Waals surface area contributed by atoms with Crippen LogP contribution in [0.3, 0.4) is 0 Å². The van der Waals surface area contributed by atoms with Crippen LogP contribution in [0.25, 0.3) is 0 Å². The molecule has 0 spiro atoms. The van der Waals surface area contributed by atoms with Crippen LogP contribution in [-0.4, -0.2) is 31.5 Å². The quantitative estimate of drug-likeness (QED) is 0.680. The van der Waals surface area contributed by atoms with Gasteiger partial charge in [0.1, 0.15) is 0 Å². The molecule has 0 aromatic carbocycles. The molecule has 0 amide bonds. The van der Waals surface area contributed by atoms with E-state index in [-0.39, 0.29) is 7.11 Å². The van der Waals surface area contributed by atoms with Crippen LogP contribution in [-0.2, 0) is 4.74 Å². The predicted octanol–water partition coefficient (Wildman–Crippen LogP) is 2.76. The minimum atomic E-state index is -6.39. The van der Waals surface area contributed by atoms with Crippen LogP contribution in [0.4, 0.5) is 35.1 Å². The summed E-state index contributed by atoms with van der Waals surface area (Å²) in [6.07, 6.45) is -16.4. The van der Waals surface area contributed by atoms with Crippen molar-refractivity contribution in [1.29, 1.82) is 0 Å². The second-order valence-electron chi connectivity index (χ2n) is 2.25. The molecular weight excluding hydrogens is 228 g/mol. The first-order valence-corrected chi connectivity index (χ1v) is 2.98. The molecule has 1 nitrogen and oxygen atoms in total. The molecule has 0 N–H and O–H groups in total. The fourth-order valence-electron chi connectivity index (χ4n) is 0.458. The first-order valence-electron chi connectivity index (χ1n) is 2.98. The van der Waals surface area contributed by atoms with E-state index in [9.17, 15) is 35.1 Å². The molecule has 0 aliphatic heterocycles. The zero-order chi connectivity index (χ0) is 11.8. The lowest BCUT2D eigenvalue weighted by Crippen LogP contribution is -2.53. The molecule has 0 bridgehead atoms. The van der Waals surface area contributed by atoms with Crippen LogP contribution in [0.15, 0.2) is 0 Å². The van der Waals surface area contributed by atoms with Crippen LogP contribution in [0.2, 0.25) is 0 Å². The molecule has 0 heterocycles. The lowest BCUT2D eigenvalue weighted by atomic mass is 10.2. The lowest BCUT2D eigenvalue weighted by molar-refractivity contribution is -0.365. The Morgan fingerprint density at radius 3 is 1.50 bits per heavy atom. The van der Waals surface area contributed by atoms with Crippen molar-refractivity contribution in [2.45, 2.75) is 24.4 Å². The third-order valence-electron chi connectivity index (χ3n) is 1.26. The van der Waals surface area contributed by atoms with E-state index < -0.39 is 24.4 Å². The van der Waals surface area contributed by atoms with Gasteiger partial charge in [-0.3, -0.25) is 0 Å². The molecular formula is C5H4F8O. The Balaban J connectivity index is 4.94. The first kappa shape index (κ1) is 13.4. The SMILES string of the molecule is COC(F)(F)C(F)C(F)(F)C(F)(F)F. The average molecular weight is 232 g/mol.